The van der Waals surface area contributed by atoms with Gasteiger partial charge in [-0.15, -0.1) is 0 Å². The van der Waals surface area contributed by atoms with Gasteiger partial charge in [-0.05, 0) is 40.8 Å². The number of aliphatic carboxylic acids is 1. The molecule has 1 atom stereocenters. The molecule has 162 valence electrons. The van der Waals surface area contributed by atoms with Crippen molar-refractivity contribution < 1.29 is 27.8 Å². The predicted molar refractivity (Wildman–Crippen MR) is 113 cm³/mol. The molecule has 0 aliphatic rings. The summed E-state index contributed by atoms with van der Waals surface area (Å²) in [4.78, 5) is 11.9. The van der Waals surface area contributed by atoms with Crippen LogP contribution in [0.15, 0.2) is 72.8 Å². The number of alkyl halides is 3. The monoisotopic (exact) mass is 428 g/mol. The first kappa shape index (κ1) is 22.4. The predicted octanol–water partition coefficient (Wildman–Crippen LogP) is 6.92. The van der Waals surface area contributed by atoms with Gasteiger partial charge in [0, 0.05) is 0 Å². The molecule has 0 bridgehead atoms. The Labute approximate surface area is 179 Å². The van der Waals surface area contributed by atoms with Crippen molar-refractivity contribution in [3.8, 4) is 16.9 Å². The van der Waals surface area contributed by atoms with Crippen LogP contribution in [0.2, 0.25) is 0 Å². The molecule has 0 spiro atoms. The fraction of sp³-hybridized carbons (Fsp3) is 0.240. The normalized spacial score (nSPS) is 12.4. The van der Waals surface area contributed by atoms with E-state index in [0.717, 1.165) is 0 Å². The molecule has 0 aliphatic carbocycles. The lowest BCUT2D eigenvalue weighted by atomic mass is 9.87. The van der Waals surface area contributed by atoms with Gasteiger partial charge in [0.25, 0.3) is 0 Å². The van der Waals surface area contributed by atoms with Crippen LogP contribution < -0.4 is 4.74 Å². The van der Waals surface area contributed by atoms with E-state index in [2.05, 4.69) is 0 Å². The largest absolute Gasteiger partial charge is 0.488 e. The van der Waals surface area contributed by atoms with E-state index in [9.17, 15) is 23.1 Å². The fourth-order valence-corrected chi connectivity index (χ4v) is 3.56. The third-order valence-corrected chi connectivity index (χ3v) is 5.01. The summed E-state index contributed by atoms with van der Waals surface area (Å²) in [6, 6.07) is 20.4. The van der Waals surface area contributed by atoms with Crippen LogP contribution in [0.1, 0.15) is 42.4 Å². The van der Waals surface area contributed by atoms with Crippen molar-refractivity contribution in [2.45, 2.75) is 38.5 Å². The first-order chi connectivity index (χ1) is 14.8. The van der Waals surface area contributed by atoms with Crippen LogP contribution in [-0.4, -0.2) is 11.1 Å². The summed E-state index contributed by atoms with van der Waals surface area (Å²) in [5, 5.41) is 9.70. The zero-order valence-electron chi connectivity index (χ0n) is 17.0. The quantitative estimate of drug-likeness (QED) is 0.424. The summed E-state index contributed by atoms with van der Waals surface area (Å²) in [5.74, 6) is -2.94. The van der Waals surface area contributed by atoms with E-state index >= 15 is 0 Å². The first-order valence-corrected chi connectivity index (χ1v) is 10.0. The van der Waals surface area contributed by atoms with Crippen molar-refractivity contribution in [1.82, 2.24) is 0 Å². The molecule has 0 amide bonds. The Morgan fingerprint density at radius 1 is 0.968 bits per heavy atom. The van der Waals surface area contributed by atoms with Crippen LogP contribution in [0.5, 0.6) is 5.75 Å². The highest BCUT2D eigenvalue weighted by atomic mass is 19.4. The zero-order chi connectivity index (χ0) is 22.4. The third kappa shape index (κ3) is 5.45. The summed E-state index contributed by atoms with van der Waals surface area (Å²) in [7, 11) is 0. The maximum absolute atomic E-state index is 14.2. The van der Waals surface area contributed by atoms with E-state index in [4.69, 9.17) is 4.74 Å². The molecular weight excluding hydrogens is 405 g/mol. The number of halogens is 3. The molecule has 0 heterocycles. The number of carbonyl (C=O) groups is 1. The Kier molecular flexibility index (Phi) is 7.00. The van der Waals surface area contributed by atoms with Crippen LogP contribution >= 0.6 is 0 Å². The second kappa shape index (κ2) is 9.69. The molecule has 3 aromatic rings. The number of hydrogen-bond acceptors (Lipinski definition) is 2. The van der Waals surface area contributed by atoms with Crippen molar-refractivity contribution >= 4 is 5.97 Å². The van der Waals surface area contributed by atoms with Crippen LogP contribution in [0.3, 0.4) is 0 Å². The van der Waals surface area contributed by atoms with Crippen molar-refractivity contribution in [1.29, 1.82) is 0 Å². The van der Waals surface area contributed by atoms with Gasteiger partial charge in [0.1, 0.15) is 17.9 Å². The minimum absolute atomic E-state index is 0.0624. The van der Waals surface area contributed by atoms with Gasteiger partial charge >= 0.3 is 12.1 Å². The molecule has 3 aromatic carbocycles. The third-order valence-electron chi connectivity index (χ3n) is 5.01. The van der Waals surface area contributed by atoms with Gasteiger partial charge in [0.2, 0.25) is 0 Å². The van der Waals surface area contributed by atoms with Gasteiger partial charge < -0.3 is 9.84 Å². The molecule has 1 N–H and O–H groups in total. The molecule has 3 rings (SSSR count). The van der Waals surface area contributed by atoms with Crippen LogP contribution in [0.25, 0.3) is 11.1 Å². The fourth-order valence-electron chi connectivity index (χ4n) is 3.56. The van der Waals surface area contributed by atoms with Gasteiger partial charge in [0.15, 0.2) is 0 Å². The van der Waals surface area contributed by atoms with Crippen LogP contribution in [0.4, 0.5) is 13.2 Å². The van der Waals surface area contributed by atoms with Gasteiger partial charge in [-0.2, -0.15) is 13.2 Å². The molecule has 0 saturated heterocycles. The smallest absolute Gasteiger partial charge is 0.420 e. The summed E-state index contributed by atoms with van der Waals surface area (Å²) in [6.45, 7) is 1.68. The van der Waals surface area contributed by atoms with Crippen molar-refractivity contribution in [3.63, 3.8) is 0 Å². The summed E-state index contributed by atoms with van der Waals surface area (Å²) >= 11 is 0. The minimum atomic E-state index is -4.77. The number of hydrogen-bond donors (Lipinski definition) is 1. The highest BCUT2D eigenvalue weighted by Crippen LogP contribution is 2.45. The maximum Gasteiger partial charge on any atom is 0.420 e. The molecule has 3 nitrogen and oxygen atoms in total. The van der Waals surface area contributed by atoms with E-state index in [1.165, 1.54) is 12.1 Å². The van der Waals surface area contributed by atoms with Gasteiger partial charge in [-0.1, -0.05) is 74.0 Å². The van der Waals surface area contributed by atoms with Crippen molar-refractivity contribution in [2.75, 3.05) is 0 Å². The average molecular weight is 428 g/mol. The van der Waals surface area contributed by atoms with Crippen molar-refractivity contribution in [2.24, 2.45) is 0 Å². The molecule has 6 heteroatoms. The number of benzene rings is 3. The second-order valence-corrected chi connectivity index (χ2v) is 7.26. The van der Waals surface area contributed by atoms with Gasteiger partial charge in [0.05, 0.1) is 5.92 Å². The first-order valence-electron chi connectivity index (χ1n) is 10.0. The Balaban J connectivity index is 2.19. The van der Waals surface area contributed by atoms with Crippen molar-refractivity contribution in [3.05, 3.63) is 89.5 Å². The SMILES string of the molecule is CCCC(C(=O)O)c1cc(-c2ccccc2)cc(OCc2ccccc2)c1C(F)(F)F. The lowest BCUT2D eigenvalue weighted by molar-refractivity contribution is -0.142. The topological polar surface area (TPSA) is 46.5 Å². The van der Waals surface area contributed by atoms with Gasteiger partial charge in [-0.25, -0.2) is 0 Å². The van der Waals surface area contributed by atoms with Gasteiger partial charge in [-0.3, -0.25) is 4.79 Å². The van der Waals surface area contributed by atoms with E-state index in [0.29, 0.717) is 23.1 Å². The number of ether oxygens (including phenoxy) is 1. The highest BCUT2D eigenvalue weighted by molar-refractivity contribution is 5.79. The van der Waals surface area contributed by atoms with E-state index in [1.54, 1.807) is 67.6 Å². The Hall–Kier alpha value is -3.28. The summed E-state index contributed by atoms with van der Waals surface area (Å²) < 4.78 is 48.1. The van der Waals surface area contributed by atoms with Crippen LogP contribution in [-0.2, 0) is 17.6 Å². The summed E-state index contributed by atoms with van der Waals surface area (Å²) in [5.41, 5.74) is 0.581. The maximum atomic E-state index is 14.2. The highest BCUT2D eigenvalue weighted by Gasteiger charge is 2.40. The van der Waals surface area contributed by atoms with E-state index in [-0.39, 0.29) is 24.3 Å². The number of carboxylic acid groups (broad SMARTS) is 1. The molecule has 1 unspecified atom stereocenters. The lowest BCUT2D eigenvalue weighted by Crippen LogP contribution is -2.19. The van der Waals surface area contributed by atoms with E-state index < -0.39 is 23.6 Å². The molecule has 0 fully saturated rings. The minimum Gasteiger partial charge on any atom is -0.488 e. The second-order valence-electron chi connectivity index (χ2n) is 7.26. The molecule has 0 aromatic heterocycles. The number of carboxylic acids is 1. The Bertz CT molecular complexity index is 1020. The lowest BCUT2D eigenvalue weighted by Gasteiger charge is -2.23. The standard InChI is InChI=1S/C25H23F3O3/c1-2-9-20(24(29)30)21-14-19(18-12-7-4-8-13-18)15-22(23(21)25(26,27)28)31-16-17-10-5-3-6-11-17/h3-8,10-15,20H,2,9,16H2,1H3,(H,29,30). The van der Waals surface area contributed by atoms with Crippen LogP contribution in [0, 0.1) is 0 Å². The summed E-state index contributed by atoms with van der Waals surface area (Å²) in [6.07, 6.45) is -4.24. The molecule has 31 heavy (non-hydrogen) atoms. The van der Waals surface area contributed by atoms with E-state index in [1.807, 2.05) is 0 Å². The number of rotatable bonds is 8. The molecule has 0 aliphatic heterocycles. The Morgan fingerprint density at radius 2 is 1.58 bits per heavy atom. The zero-order valence-corrected chi connectivity index (χ0v) is 17.0. The molecule has 0 radical (unpaired) electrons. The Morgan fingerprint density at radius 3 is 2.13 bits per heavy atom. The average Bonchev–Trinajstić information content (AvgIpc) is 2.75. The molecule has 0 saturated carbocycles. The molecular formula is C25H23F3O3.